The van der Waals surface area contributed by atoms with Gasteiger partial charge in [-0.15, -0.1) is 11.3 Å². The Morgan fingerprint density at radius 1 is 1.67 bits per heavy atom. The van der Waals surface area contributed by atoms with Crippen LogP contribution in [0.5, 0.6) is 0 Å². The van der Waals surface area contributed by atoms with Crippen LogP contribution < -0.4 is 0 Å². The highest BCUT2D eigenvalue weighted by molar-refractivity contribution is 7.99. The van der Waals surface area contributed by atoms with E-state index in [1.807, 2.05) is 0 Å². The zero-order chi connectivity index (χ0) is 13.3. The smallest absolute Gasteiger partial charge is 0.345 e. The van der Waals surface area contributed by atoms with Gasteiger partial charge >= 0.3 is 5.97 Å². The van der Waals surface area contributed by atoms with E-state index < -0.39 is 5.97 Å². The van der Waals surface area contributed by atoms with Crippen LogP contribution in [0.25, 0.3) is 0 Å². The first-order chi connectivity index (χ1) is 8.52. The van der Waals surface area contributed by atoms with Crippen molar-refractivity contribution in [2.75, 3.05) is 0 Å². The molecule has 0 amide bonds. The summed E-state index contributed by atoms with van der Waals surface area (Å²) in [7, 11) is 1.76. The first kappa shape index (κ1) is 12.7. The summed E-state index contributed by atoms with van der Waals surface area (Å²) in [6.45, 7) is 1.78. The van der Waals surface area contributed by atoms with Crippen molar-refractivity contribution < 1.29 is 9.90 Å². The van der Waals surface area contributed by atoms with Gasteiger partial charge in [0.15, 0.2) is 0 Å². The number of carbonyl (C=O) groups is 1. The number of hydrogen-bond acceptors (Lipinski definition) is 5. The Balaban J connectivity index is 2.34. The first-order valence-electron chi connectivity index (χ1n) is 4.96. The molecule has 0 aliphatic carbocycles. The average Bonchev–Trinajstić information content (AvgIpc) is 2.86. The molecule has 0 saturated heterocycles. The van der Waals surface area contributed by atoms with E-state index in [0.717, 1.165) is 9.92 Å². The molecule has 2 aromatic rings. The van der Waals surface area contributed by atoms with Crippen LogP contribution in [0.15, 0.2) is 21.4 Å². The van der Waals surface area contributed by atoms with E-state index in [2.05, 4.69) is 11.2 Å². The van der Waals surface area contributed by atoms with Gasteiger partial charge in [0, 0.05) is 17.3 Å². The molecule has 0 atom stereocenters. The fourth-order valence-electron chi connectivity index (χ4n) is 1.48. The summed E-state index contributed by atoms with van der Waals surface area (Å²) in [5.41, 5.74) is 1.21. The van der Waals surface area contributed by atoms with Gasteiger partial charge < -0.3 is 5.11 Å². The van der Waals surface area contributed by atoms with Crippen molar-refractivity contribution >= 4 is 29.1 Å². The maximum atomic E-state index is 10.8. The quantitative estimate of drug-likeness (QED) is 0.933. The predicted molar refractivity (Wildman–Crippen MR) is 68.1 cm³/mol. The maximum Gasteiger partial charge on any atom is 0.345 e. The van der Waals surface area contributed by atoms with Crippen LogP contribution in [-0.2, 0) is 7.05 Å². The molecule has 7 heteroatoms. The Kier molecular flexibility index (Phi) is 3.41. The molecule has 0 radical (unpaired) electrons. The summed E-state index contributed by atoms with van der Waals surface area (Å²) >= 11 is 2.52. The molecule has 0 spiro atoms. The number of aromatic carboxylic acids is 1. The molecule has 0 aliphatic rings. The molecule has 2 aromatic heterocycles. The Morgan fingerprint density at radius 2 is 2.39 bits per heavy atom. The molecule has 0 bridgehead atoms. The first-order valence-corrected chi connectivity index (χ1v) is 6.66. The molecule has 0 aliphatic heterocycles. The number of aryl methyl sites for hydroxylation is 2. The van der Waals surface area contributed by atoms with Crippen LogP contribution >= 0.6 is 23.1 Å². The number of nitriles is 1. The third kappa shape index (κ3) is 2.25. The normalized spacial score (nSPS) is 10.3. The van der Waals surface area contributed by atoms with Gasteiger partial charge in [-0.3, -0.25) is 4.68 Å². The molecule has 18 heavy (non-hydrogen) atoms. The number of nitrogens with zero attached hydrogens (tertiary/aromatic N) is 3. The monoisotopic (exact) mass is 279 g/mol. The molecule has 1 N–H and O–H groups in total. The lowest BCUT2D eigenvalue weighted by molar-refractivity contribution is 0.0702. The van der Waals surface area contributed by atoms with E-state index in [9.17, 15) is 4.79 Å². The number of carboxylic acids is 1. The molecule has 2 rings (SSSR count). The average molecular weight is 279 g/mol. The summed E-state index contributed by atoms with van der Waals surface area (Å²) in [6, 6.07) is 3.72. The summed E-state index contributed by atoms with van der Waals surface area (Å²) < 4.78 is 1.64. The zero-order valence-corrected chi connectivity index (χ0v) is 11.3. The molecule has 0 fully saturated rings. The lowest BCUT2D eigenvalue weighted by atomic mass is 10.3. The number of rotatable bonds is 3. The highest BCUT2D eigenvalue weighted by atomic mass is 32.2. The second-order valence-electron chi connectivity index (χ2n) is 3.55. The molecule has 0 aromatic carbocycles. The van der Waals surface area contributed by atoms with E-state index in [-0.39, 0.29) is 4.88 Å². The van der Waals surface area contributed by atoms with Crippen molar-refractivity contribution in [1.29, 1.82) is 5.26 Å². The van der Waals surface area contributed by atoms with E-state index in [1.54, 1.807) is 30.1 Å². The van der Waals surface area contributed by atoms with E-state index in [4.69, 9.17) is 10.4 Å². The zero-order valence-electron chi connectivity index (χ0n) is 9.67. The number of thiophene rings is 1. The molecule has 0 saturated carbocycles. The largest absolute Gasteiger partial charge is 0.477 e. The van der Waals surface area contributed by atoms with Crippen LogP contribution in [0, 0.1) is 18.3 Å². The third-order valence-electron chi connectivity index (χ3n) is 2.28. The molecule has 92 valence electrons. The Hall–Kier alpha value is -1.78. The van der Waals surface area contributed by atoms with Gasteiger partial charge in [-0.1, -0.05) is 11.8 Å². The van der Waals surface area contributed by atoms with Gasteiger partial charge in [-0.2, -0.15) is 10.4 Å². The van der Waals surface area contributed by atoms with Gasteiger partial charge in [0.2, 0.25) is 0 Å². The highest BCUT2D eigenvalue weighted by Gasteiger charge is 2.15. The van der Waals surface area contributed by atoms with Crippen LogP contribution in [-0.4, -0.2) is 20.9 Å². The van der Waals surface area contributed by atoms with Gasteiger partial charge in [-0.05, 0) is 13.0 Å². The molecule has 5 nitrogen and oxygen atoms in total. The van der Waals surface area contributed by atoms with Crippen LogP contribution in [0.2, 0.25) is 0 Å². The summed E-state index contributed by atoms with van der Waals surface area (Å²) in [6.07, 6.45) is 0. The van der Waals surface area contributed by atoms with E-state index in [0.29, 0.717) is 11.3 Å². The number of aromatic nitrogens is 2. The minimum atomic E-state index is -0.937. The topological polar surface area (TPSA) is 78.9 Å². The SMILES string of the molecule is Cc1nn(C)c(Sc2csc(C(=O)O)c2)c1C#N. The molecular weight excluding hydrogens is 270 g/mol. The lowest BCUT2D eigenvalue weighted by Crippen LogP contribution is -1.92. The molecule has 2 heterocycles. The second-order valence-corrected chi connectivity index (χ2v) is 5.53. The van der Waals surface area contributed by atoms with Crippen molar-refractivity contribution in [2.45, 2.75) is 16.8 Å². The minimum absolute atomic E-state index is 0.287. The lowest BCUT2D eigenvalue weighted by Gasteiger charge is -1.99. The third-order valence-corrected chi connectivity index (χ3v) is 4.48. The summed E-state index contributed by atoms with van der Waals surface area (Å²) in [5, 5.41) is 24.6. The maximum absolute atomic E-state index is 10.8. The Bertz CT molecular complexity index is 652. The number of hydrogen-bond donors (Lipinski definition) is 1. The second kappa shape index (κ2) is 4.84. The molecule has 0 unspecified atom stereocenters. The van der Waals surface area contributed by atoms with Crippen LogP contribution in [0.4, 0.5) is 0 Å². The highest BCUT2D eigenvalue weighted by Crippen LogP contribution is 2.33. The summed E-state index contributed by atoms with van der Waals surface area (Å²) in [5.74, 6) is -0.937. The van der Waals surface area contributed by atoms with Gasteiger partial charge in [-0.25, -0.2) is 4.79 Å². The Labute approximate surface area is 112 Å². The fraction of sp³-hybridized carbons (Fsp3) is 0.182. The van der Waals surface area contributed by atoms with E-state index in [1.165, 1.54) is 23.1 Å². The van der Waals surface area contributed by atoms with Gasteiger partial charge in [0.1, 0.15) is 21.5 Å². The van der Waals surface area contributed by atoms with Crippen molar-refractivity contribution in [3.63, 3.8) is 0 Å². The fourth-order valence-corrected chi connectivity index (χ4v) is 3.37. The van der Waals surface area contributed by atoms with Crippen LogP contribution in [0.3, 0.4) is 0 Å². The van der Waals surface area contributed by atoms with Crippen molar-refractivity contribution in [3.8, 4) is 6.07 Å². The van der Waals surface area contributed by atoms with Gasteiger partial charge in [0.05, 0.1) is 5.69 Å². The van der Waals surface area contributed by atoms with Crippen molar-refractivity contribution in [2.24, 2.45) is 7.05 Å². The minimum Gasteiger partial charge on any atom is -0.477 e. The standard InChI is InChI=1S/C11H9N3O2S2/c1-6-8(4-12)10(14(2)13-6)18-7-3-9(11(15)16)17-5-7/h3,5H,1-2H3,(H,15,16). The predicted octanol–water partition coefficient (Wildman–Crippen LogP) is 2.51. The van der Waals surface area contributed by atoms with E-state index >= 15 is 0 Å². The summed E-state index contributed by atoms with van der Waals surface area (Å²) in [4.78, 5) is 11.9. The number of carboxylic acid groups (broad SMARTS) is 1. The van der Waals surface area contributed by atoms with Crippen LogP contribution in [0.1, 0.15) is 20.9 Å². The van der Waals surface area contributed by atoms with Gasteiger partial charge in [0.25, 0.3) is 0 Å². The molecular formula is C11H9N3O2S2. The van der Waals surface area contributed by atoms with Crippen molar-refractivity contribution in [1.82, 2.24) is 9.78 Å². The Morgan fingerprint density at radius 3 is 2.94 bits per heavy atom. The van der Waals surface area contributed by atoms with Crippen molar-refractivity contribution in [3.05, 3.63) is 27.6 Å².